The van der Waals surface area contributed by atoms with Crippen molar-refractivity contribution in [2.75, 3.05) is 51.4 Å². The topological polar surface area (TPSA) is 146 Å². The summed E-state index contributed by atoms with van der Waals surface area (Å²) in [6.45, 7) is 12.5. The number of hydrogen-bond donors (Lipinski definition) is 2. The molecule has 2 aromatic rings. The molecule has 12 heteroatoms. The van der Waals surface area contributed by atoms with Gasteiger partial charge in [-0.15, -0.1) is 0 Å². The van der Waals surface area contributed by atoms with Gasteiger partial charge in [-0.3, -0.25) is 39.1 Å². The predicted octanol–water partition coefficient (Wildman–Crippen LogP) is 4.09. The molecular formula is C40H52N4O8. The Morgan fingerprint density at radius 3 is 2.31 bits per heavy atom. The lowest BCUT2D eigenvalue weighted by atomic mass is 9.44. The summed E-state index contributed by atoms with van der Waals surface area (Å²) in [5, 5.41) is 12.4. The average molecular weight is 717 g/mol. The number of nitrogens with one attached hydrogen (secondary N) is 1. The monoisotopic (exact) mass is 716 g/mol. The molecule has 52 heavy (non-hydrogen) atoms. The first-order valence-corrected chi connectivity index (χ1v) is 18.5. The lowest BCUT2D eigenvalue weighted by Crippen LogP contribution is -2.64. The van der Waals surface area contributed by atoms with Crippen molar-refractivity contribution in [1.29, 1.82) is 0 Å². The largest absolute Gasteiger partial charge is 0.494 e. The van der Waals surface area contributed by atoms with Gasteiger partial charge in [0, 0.05) is 50.8 Å². The summed E-state index contributed by atoms with van der Waals surface area (Å²) in [4.78, 5) is 68.7. The number of anilines is 1. The number of aliphatic hydroxyl groups excluding tert-OH is 1. The van der Waals surface area contributed by atoms with Gasteiger partial charge in [0.1, 0.15) is 11.8 Å². The van der Waals surface area contributed by atoms with Gasteiger partial charge < -0.3 is 19.5 Å². The van der Waals surface area contributed by atoms with Crippen LogP contribution >= 0.6 is 0 Å². The van der Waals surface area contributed by atoms with Gasteiger partial charge in [0.05, 0.1) is 36.5 Å². The van der Waals surface area contributed by atoms with E-state index < -0.39 is 29.7 Å². The van der Waals surface area contributed by atoms with Gasteiger partial charge in [-0.2, -0.15) is 0 Å². The molecule has 3 aliphatic heterocycles. The van der Waals surface area contributed by atoms with E-state index in [2.05, 4.69) is 42.8 Å². The molecule has 2 saturated heterocycles. The number of carbonyl (C=O) groups is 5. The number of piperidine rings is 1. The highest BCUT2D eigenvalue weighted by Crippen LogP contribution is 2.61. The van der Waals surface area contributed by atoms with E-state index in [1.54, 1.807) is 25.3 Å². The first kappa shape index (κ1) is 37.6. The van der Waals surface area contributed by atoms with Gasteiger partial charge in [-0.25, -0.2) is 0 Å². The lowest BCUT2D eigenvalue weighted by molar-refractivity contribution is -0.223. The molecule has 4 amide bonds. The molecule has 3 heterocycles. The van der Waals surface area contributed by atoms with Gasteiger partial charge in [-0.1, -0.05) is 27.7 Å². The Morgan fingerprint density at radius 2 is 1.63 bits per heavy atom. The molecule has 6 rings (SSSR count). The van der Waals surface area contributed by atoms with E-state index in [0.717, 1.165) is 55.0 Å². The van der Waals surface area contributed by atoms with Crippen LogP contribution in [0.25, 0.3) is 0 Å². The molecule has 0 radical (unpaired) electrons. The standard InChI is InChI=1S/C40H52N4O8/c1-39(2)33(40(3,4)38(39)51-5)22-32(46)25-9-11-26(12-10-25)43-19-18-42(27(23-43)24-45)17-7-6-8-20-52-28-13-14-29-30(21-28)37(50)44(36(29)49)31-15-16-34(47)41-35(31)48/h9-14,21,27,31,33,38,45H,6-8,15-20,22-24H2,1-5H3,(H,41,47,48)/t27-,31?,33?,38?/m0/s1. The summed E-state index contributed by atoms with van der Waals surface area (Å²) in [5.74, 6) is -1.26. The number of unbranched alkanes of at least 4 members (excludes halogenated alkanes) is 2. The van der Waals surface area contributed by atoms with Crippen molar-refractivity contribution in [3.63, 3.8) is 0 Å². The number of ketones is 1. The van der Waals surface area contributed by atoms with Gasteiger partial charge in [0.15, 0.2) is 5.78 Å². The van der Waals surface area contributed by atoms with Crippen LogP contribution in [-0.4, -0.2) is 109 Å². The van der Waals surface area contributed by atoms with Crippen LogP contribution in [0.1, 0.15) is 97.3 Å². The minimum atomic E-state index is -1.00. The molecule has 4 aliphatic rings. The molecule has 1 aliphatic carbocycles. The number of aliphatic hydroxyl groups is 1. The van der Waals surface area contributed by atoms with E-state index in [0.29, 0.717) is 25.3 Å². The van der Waals surface area contributed by atoms with E-state index in [4.69, 9.17) is 9.47 Å². The third-order valence-electron chi connectivity index (χ3n) is 11.9. The summed E-state index contributed by atoms with van der Waals surface area (Å²) < 4.78 is 11.7. The fourth-order valence-corrected chi connectivity index (χ4v) is 9.40. The molecule has 280 valence electrons. The second kappa shape index (κ2) is 15.1. The first-order valence-electron chi connectivity index (χ1n) is 18.5. The molecule has 1 saturated carbocycles. The summed E-state index contributed by atoms with van der Waals surface area (Å²) in [6.07, 6.45) is 3.46. The highest BCUT2D eigenvalue weighted by molar-refractivity contribution is 6.23. The van der Waals surface area contributed by atoms with Crippen LogP contribution in [0.3, 0.4) is 0 Å². The van der Waals surface area contributed by atoms with Crippen molar-refractivity contribution in [2.24, 2.45) is 16.7 Å². The van der Waals surface area contributed by atoms with E-state index >= 15 is 0 Å². The zero-order valence-electron chi connectivity index (χ0n) is 31.0. The van der Waals surface area contributed by atoms with Gasteiger partial charge in [0.25, 0.3) is 11.8 Å². The maximum atomic E-state index is 13.3. The minimum absolute atomic E-state index is 0.00881. The number of fused-ring (bicyclic) bond motifs is 1. The molecule has 3 fully saturated rings. The maximum Gasteiger partial charge on any atom is 0.262 e. The van der Waals surface area contributed by atoms with Gasteiger partial charge >= 0.3 is 0 Å². The first-order chi connectivity index (χ1) is 24.8. The zero-order valence-corrected chi connectivity index (χ0v) is 31.0. The number of benzene rings is 2. The maximum absolute atomic E-state index is 13.3. The molecule has 0 bridgehead atoms. The summed E-state index contributed by atoms with van der Waals surface area (Å²) in [5.41, 5.74) is 2.10. The summed E-state index contributed by atoms with van der Waals surface area (Å²) >= 11 is 0. The van der Waals surface area contributed by atoms with Crippen molar-refractivity contribution < 1.29 is 38.6 Å². The number of imide groups is 2. The predicted molar refractivity (Wildman–Crippen MR) is 194 cm³/mol. The summed E-state index contributed by atoms with van der Waals surface area (Å²) in [7, 11) is 1.75. The average Bonchev–Trinajstić information content (AvgIpc) is 3.36. The highest BCUT2D eigenvalue weighted by Gasteiger charge is 2.62. The third kappa shape index (κ3) is 7.12. The number of nitrogens with zero attached hydrogens (tertiary/aromatic N) is 3. The Bertz CT molecular complexity index is 1690. The number of methoxy groups -OCH3 is 1. The number of hydrogen-bond acceptors (Lipinski definition) is 10. The number of piperazine rings is 1. The molecule has 2 N–H and O–H groups in total. The van der Waals surface area contributed by atoms with Crippen LogP contribution in [-0.2, 0) is 14.3 Å². The normalized spacial score (nSPS) is 25.5. The van der Waals surface area contributed by atoms with Crippen molar-refractivity contribution in [3.8, 4) is 5.75 Å². The second-order valence-corrected chi connectivity index (χ2v) is 15.9. The Labute approximate surface area is 305 Å². The van der Waals surface area contributed by atoms with Crippen LogP contribution in [0.4, 0.5) is 5.69 Å². The second-order valence-electron chi connectivity index (χ2n) is 15.9. The highest BCUT2D eigenvalue weighted by atomic mass is 16.5. The van der Waals surface area contributed by atoms with E-state index in [1.165, 1.54) is 0 Å². The molecule has 0 aromatic heterocycles. The SMILES string of the molecule is COC1C(C)(C)C(CC(=O)c2ccc(N3CCN(CCCCCOc4ccc5c(c4)C(=O)N(C4CCC(=O)NC4=O)C5=O)[C@H](CO)C3)cc2)C1(C)C. The van der Waals surface area contributed by atoms with Crippen molar-refractivity contribution in [1.82, 2.24) is 15.1 Å². The van der Waals surface area contributed by atoms with Crippen LogP contribution < -0.4 is 15.0 Å². The molecular weight excluding hydrogens is 664 g/mol. The molecule has 2 atom stereocenters. The van der Waals surface area contributed by atoms with Crippen molar-refractivity contribution in [3.05, 3.63) is 59.2 Å². The van der Waals surface area contributed by atoms with E-state index in [1.807, 2.05) is 24.3 Å². The van der Waals surface area contributed by atoms with Crippen LogP contribution in [0.15, 0.2) is 42.5 Å². The lowest BCUT2D eigenvalue weighted by Gasteiger charge is -2.63. The Kier molecular flexibility index (Phi) is 10.9. The Hall–Kier alpha value is -4.13. The Balaban J connectivity index is 0.923. The molecule has 0 spiro atoms. The number of ether oxygens (including phenoxy) is 2. The fraction of sp³-hybridized carbons (Fsp3) is 0.575. The van der Waals surface area contributed by atoms with E-state index in [9.17, 15) is 29.1 Å². The van der Waals surface area contributed by atoms with Crippen LogP contribution in [0, 0.1) is 16.7 Å². The summed E-state index contributed by atoms with van der Waals surface area (Å²) in [6, 6.07) is 11.7. The number of amides is 4. The van der Waals surface area contributed by atoms with Gasteiger partial charge in [0.2, 0.25) is 11.8 Å². The molecule has 1 unspecified atom stereocenters. The van der Waals surface area contributed by atoms with E-state index in [-0.39, 0.29) is 65.3 Å². The quantitative estimate of drug-likeness (QED) is 0.167. The zero-order chi connectivity index (χ0) is 37.4. The van der Waals surface area contributed by atoms with Crippen LogP contribution in [0.5, 0.6) is 5.75 Å². The van der Waals surface area contributed by atoms with Crippen molar-refractivity contribution in [2.45, 2.75) is 84.4 Å². The third-order valence-corrected chi connectivity index (χ3v) is 11.9. The van der Waals surface area contributed by atoms with Gasteiger partial charge in [-0.05, 0) is 91.4 Å². The number of rotatable bonds is 14. The van der Waals surface area contributed by atoms with Crippen LogP contribution in [0.2, 0.25) is 0 Å². The number of carbonyl (C=O) groups excluding carboxylic acids is 5. The fourth-order valence-electron chi connectivity index (χ4n) is 9.40. The van der Waals surface area contributed by atoms with Crippen molar-refractivity contribution >= 4 is 35.1 Å². The molecule has 2 aromatic carbocycles. The number of Topliss-reactive ketones (excluding diaryl/α,β-unsaturated/α-hetero) is 1. The molecule has 12 nitrogen and oxygen atoms in total. The Morgan fingerprint density at radius 1 is 0.923 bits per heavy atom. The minimum Gasteiger partial charge on any atom is -0.494 e. The smallest absolute Gasteiger partial charge is 0.262 e.